The van der Waals surface area contributed by atoms with Crippen LogP contribution in [-0.4, -0.2) is 61.0 Å². The fourth-order valence-electron chi connectivity index (χ4n) is 1.48. The molecule has 0 aromatic carbocycles. The van der Waals surface area contributed by atoms with E-state index in [2.05, 4.69) is 4.98 Å². The zero-order valence-electron chi connectivity index (χ0n) is 11.0. The lowest BCUT2D eigenvalue weighted by Gasteiger charge is -2.22. The van der Waals surface area contributed by atoms with Crippen molar-refractivity contribution in [1.82, 2.24) is 9.88 Å². The van der Waals surface area contributed by atoms with Crippen molar-refractivity contribution >= 4 is 11.9 Å². The molecule has 0 saturated heterocycles. The Morgan fingerprint density at radius 3 is 2.58 bits per heavy atom. The van der Waals surface area contributed by atoms with E-state index in [0.717, 1.165) is 0 Å². The van der Waals surface area contributed by atoms with Crippen molar-refractivity contribution in [2.45, 2.75) is 6.29 Å². The smallest absolute Gasteiger partial charge is 0.338 e. The van der Waals surface area contributed by atoms with Gasteiger partial charge in [-0.05, 0) is 12.1 Å². The summed E-state index contributed by atoms with van der Waals surface area (Å²) in [4.78, 5) is 28.3. The molecule has 1 rings (SSSR count). The Bertz CT molecular complexity index is 459. The van der Waals surface area contributed by atoms with Crippen molar-refractivity contribution in [1.29, 1.82) is 0 Å². The van der Waals surface area contributed by atoms with Gasteiger partial charge >= 0.3 is 5.97 Å². The van der Waals surface area contributed by atoms with E-state index in [9.17, 15) is 9.59 Å². The molecule has 0 atom stereocenters. The van der Waals surface area contributed by atoms with Crippen LogP contribution in [0.15, 0.2) is 18.3 Å². The summed E-state index contributed by atoms with van der Waals surface area (Å²) < 4.78 is 9.96. The molecule has 0 unspecified atom stereocenters. The number of nitrogens with zero attached hydrogens (tertiary/aromatic N) is 2. The average molecular weight is 268 g/mol. The second kappa shape index (κ2) is 6.81. The second-order valence-corrected chi connectivity index (χ2v) is 3.79. The Morgan fingerprint density at radius 1 is 1.42 bits per heavy atom. The Balaban J connectivity index is 2.91. The van der Waals surface area contributed by atoms with Crippen molar-refractivity contribution in [2.24, 2.45) is 0 Å². The first-order valence-corrected chi connectivity index (χ1v) is 5.50. The number of hydrogen-bond donors (Lipinski definition) is 1. The number of aromatic carboxylic acids is 1. The summed E-state index contributed by atoms with van der Waals surface area (Å²) in [5.74, 6) is -1.70. The molecule has 0 radical (unpaired) electrons. The number of likely N-dealkylation sites (N-methyl/N-ethyl adjacent to an activating group) is 1. The molecule has 1 aromatic heterocycles. The first kappa shape index (κ1) is 15.1. The van der Waals surface area contributed by atoms with Crippen LogP contribution in [0.5, 0.6) is 0 Å². The van der Waals surface area contributed by atoms with Crippen LogP contribution < -0.4 is 0 Å². The number of carboxylic acids is 1. The molecule has 0 saturated carbocycles. The molecule has 104 valence electrons. The van der Waals surface area contributed by atoms with Gasteiger partial charge in [-0.25, -0.2) is 4.79 Å². The van der Waals surface area contributed by atoms with E-state index in [1.165, 1.54) is 44.5 Å². The van der Waals surface area contributed by atoms with E-state index >= 15 is 0 Å². The number of amides is 1. The van der Waals surface area contributed by atoms with Crippen LogP contribution in [0, 0.1) is 0 Å². The van der Waals surface area contributed by atoms with Crippen LogP contribution in [0.1, 0.15) is 20.8 Å². The third kappa shape index (κ3) is 3.73. The lowest BCUT2D eigenvalue weighted by molar-refractivity contribution is -0.110. The number of methoxy groups -OCH3 is 2. The SMILES string of the molecule is COC(CN(C)C(=O)c1ncccc1C(=O)O)OC. The Labute approximate surface area is 110 Å². The Morgan fingerprint density at radius 2 is 2.05 bits per heavy atom. The molecular weight excluding hydrogens is 252 g/mol. The third-order valence-corrected chi connectivity index (χ3v) is 2.54. The minimum atomic E-state index is -1.19. The monoisotopic (exact) mass is 268 g/mol. The van der Waals surface area contributed by atoms with E-state index in [-0.39, 0.29) is 17.8 Å². The van der Waals surface area contributed by atoms with Gasteiger partial charge in [-0.2, -0.15) is 0 Å². The van der Waals surface area contributed by atoms with Crippen LogP contribution in [0.4, 0.5) is 0 Å². The molecule has 1 amide bonds. The molecule has 0 aliphatic rings. The molecule has 0 aliphatic heterocycles. The molecular formula is C12H16N2O5. The van der Waals surface area contributed by atoms with Gasteiger partial charge in [-0.1, -0.05) is 0 Å². The maximum Gasteiger partial charge on any atom is 0.338 e. The molecule has 0 spiro atoms. The molecule has 0 fully saturated rings. The third-order valence-electron chi connectivity index (χ3n) is 2.54. The standard InChI is InChI=1S/C12H16N2O5/c1-14(7-9(18-2)19-3)11(15)10-8(12(16)17)5-4-6-13-10/h4-6,9H,7H2,1-3H3,(H,16,17). The molecule has 7 heteroatoms. The first-order valence-electron chi connectivity index (χ1n) is 5.50. The van der Waals surface area contributed by atoms with E-state index in [4.69, 9.17) is 14.6 Å². The number of ether oxygens (including phenoxy) is 2. The lowest BCUT2D eigenvalue weighted by atomic mass is 10.2. The quantitative estimate of drug-likeness (QED) is 0.754. The van der Waals surface area contributed by atoms with Gasteiger partial charge in [0.25, 0.3) is 5.91 Å². The number of rotatable bonds is 6. The summed E-state index contributed by atoms with van der Waals surface area (Å²) in [5, 5.41) is 9.01. The first-order chi connectivity index (χ1) is 9.01. The number of carboxylic acid groups (broad SMARTS) is 1. The van der Waals surface area contributed by atoms with Crippen molar-refractivity contribution in [3.05, 3.63) is 29.6 Å². The summed E-state index contributed by atoms with van der Waals surface area (Å²) >= 11 is 0. The highest BCUT2D eigenvalue weighted by Crippen LogP contribution is 2.09. The topological polar surface area (TPSA) is 89.0 Å². The lowest BCUT2D eigenvalue weighted by Crippen LogP contribution is -2.37. The van der Waals surface area contributed by atoms with Crippen molar-refractivity contribution in [2.75, 3.05) is 27.8 Å². The minimum absolute atomic E-state index is 0.108. The number of carbonyl (C=O) groups excluding carboxylic acids is 1. The fraction of sp³-hybridized carbons (Fsp3) is 0.417. The zero-order valence-corrected chi connectivity index (χ0v) is 11.0. The van der Waals surface area contributed by atoms with Gasteiger partial charge in [0.05, 0.1) is 12.1 Å². The maximum absolute atomic E-state index is 12.1. The van der Waals surface area contributed by atoms with Gasteiger partial charge in [0.1, 0.15) is 5.69 Å². The van der Waals surface area contributed by atoms with Crippen LogP contribution in [0.25, 0.3) is 0 Å². The number of carbonyl (C=O) groups is 2. The fourth-order valence-corrected chi connectivity index (χ4v) is 1.48. The highest BCUT2D eigenvalue weighted by Gasteiger charge is 2.22. The summed E-state index contributed by atoms with van der Waals surface area (Å²) in [5.41, 5.74) is -0.241. The van der Waals surface area contributed by atoms with Crippen molar-refractivity contribution in [3.63, 3.8) is 0 Å². The molecule has 1 N–H and O–H groups in total. The van der Waals surface area contributed by atoms with Crippen LogP contribution in [-0.2, 0) is 9.47 Å². The highest BCUT2D eigenvalue weighted by atomic mass is 16.7. The van der Waals surface area contributed by atoms with Crippen LogP contribution >= 0.6 is 0 Å². The zero-order chi connectivity index (χ0) is 14.4. The summed E-state index contributed by atoms with van der Waals surface area (Å²) in [6.07, 6.45) is 0.795. The summed E-state index contributed by atoms with van der Waals surface area (Å²) in [6, 6.07) is 2.80. The molecule has 0 aliphatic carbocycles. The molecule has 1 aromatic rings. The van der Waals surface area contributed by atoms with Gasteiger partial charge in [-0.3, -0.25) is 9.78 Å². The predicted molar refractivity (Wildman–Crippen MR) is 66.0 cm³/mol. The largest absolute Gasteiger partial charge is 0.478 e. The van der Waals surface area contributed by atoms with E-state index in [1.807, 2.05) is 0 Å². The van der Waals surface area contributed by atoms with Crippen LogP contribution in [0.2, 0.25) is 0 Å². The highest BCUT2D eigenvalue weighted by molar-refractivity contribution is 6.03. The van der Waals surface area contributed by atoms with Gasteiger partial charge in [-0.15, -0.1) is 0 Å². The van der Waals surface area contributed by atoms with Gasteiger partial charge in [0, 0.05) is 27.5 Å². The average Bonchev–Trinajstić information content (AvgIpc) is 2.43. The van der Waals surface area contributed by atoms with E-state index < -0.39 is 18.2 Å². The molecule has 19 heavy (non-hydrogen) atoms. The summed E-state index contributed by atoms with van der Waals surface area (Å²) in [6.45, 7) is 0.168. The van der Waals surface area contributed by atoms with Crippen molar-refractivity contribution < 1.29 is 24.2 Å². The number of aromatic nitrogens is 1. The van der Waals surface area contributed by atoms with Gasteiger partial charge < -0.3 is 19.5 Å². The minimum Gasteiger partial charge on any atom is -0.478 e. The van der Waals surface area contributed by atoms with Gasteiger partial charge in [0.15, 0.2) is 6.29 Å². The summed E-state index contributed by atoms with van der Waals surface area (Å²) in [7, 11) is 4.43. The van der Waals surface area contributed by atoms with E-state index in [1.54, 1.807) is 0 Å². The van der Waals surface area contributed by atoms with Gasteiger partial charge in [0.2, 0.25) is 0 Å². The Kier molecular flexibility index (Phi) is 5.40. The predicted octanol–water partition coefficient (Wildman–Crippen LogP) is 0.471. The maximum atomic E-state index is 12.1. The van der Waals surface area contributed by atoms with Crippen molar-refractivity contribution in [3.8, 4) is 0 Å². The van der Waals surface area contributed by atoms with E-state index in [0.29, 0.717) is 0 Å². The normalized spacial score (nSPS) is 10.5. The number of pyridine rings is 1. The van der Waals surface area contributed by atoms with Crippen LogP contribution in [0.3, 0.4) is 0 Å². The molecule has 0 bridgehead atoms. The molecule has 7 nitrogen and oxygen atoms in total. The number of hydrogen-bond acceptors (Lipinski definition) is 5. The molecule has 1 heterocycles. The second-order valence-electron chi connectivity index (χ2n) is 3.79. The Hall–Kier alpha value is -1.99.